The molecule has 1 unspecified atom stereocenters. The summed E-state index contributed by atoms with van der Waals surface area (Å²) in [6.45, 7) is 3.06. The number of halogens is 1. The van der Waals surface area contributed by atoms with Gasteiger partial charge in [-0.25, -0.2) is 0 Å². The maximum atomic E-state index is 10.2. The maximum absolute atomic E-state index is 10.2. The first-order valence-corrected chi connectivity index (χ1v) is 5.52. The number of benzene rings is 1. The molecule has 1 aliphatic rings. The zero-order chi connectivity index (χ0) is 10.9. The van der Waals surface area contributed by atoms with Crippen molar-refractivity contribution >= 4 is 11.6 Å². The fourth-order valence-corrected chi connectivity index (χ4v) is 2.19. The summed E-state index contributed by atoms with van der Waals surface area (Å²) in [4.78, 5) is 0. The largest absolute Gasteiger partial charge is 0.387 e. The third-order valence-electron chi connectivity index (χ3n) is 2.81. The lowest BCUT2D eigenvalue weighted by Crippen LogP contribution is -2.31. The van der Waals surface area contributed by atoms with E-state index in [4.69, 9.17) is 16.3 Å². The van der Waals surface area contributed by atoms with E-state index in [1.165, 1.54) is 0 Å². The molecule has 3 heteroatoms. The summed E-state index contributed by atoms with van der Waals surface area (Å²) in [6.07, 6.45) is 1.27. The van der Waals surface area contributed by atoms with Gasteiger partial charge in [0.25, 0.3) is 0 Å². The second-order valence-corrected chi connectivity index (χ2v) is 4.71. The molecule has 15 heavy (non-hydrogen) atoms. The Labute approximate surface area is 94.8 Å². The van der Waals surface area contributed by atoms with Crippen LogP contribution < -0.4 is 0 Å². The monoisotopic (exact) mass is 226 g/mol. The average molecular weight is 227 g/mol. The van der Waals surface area contributed by atoms with E-state index in [0.29, 0.717) is 26.1 Å². The van der Waals surface area contributed by atoms with Crippen LogP contribution in [0.15, 0.2) is 18.2 Å². The summed E-state index contributed by atoms with van der Waals surface area (Å²) >= 11 is 6.12. The molecule has 1 aromatic rings. The normalized spacial score (nSPS) is 25.8. The first-order valence-electron chi connectivity index (χ1n) is 5.14. The second kappa shape index (κ2) is 4.12. The Morgan fingerprint density at radius 3 is 2.93 bits per heavy atom. The molecular weight excluding hydrogens is 212 g/mol. The Bertz CT molecular complexity index is 357. The van der Waals surface area contributed by atoms with Gasteiger partial charge in [-0.05, 0) is 24.1 Å². The van der Waals surface area contributed by atoms with Gasteiger partial charge >= 0.3 is 0 Å². The van der Waals surface area contributed by atoms with Gasteiger partial charge in [-0.3, -0.25) is 0 Å². The van der Waals surface area contributed by atoms with Crippen molar-refractivity contribution in [2.24, 2.45) is 0 Å². The average Bonchev–Trinajstić information content (AvgIpc) is 2.58. The first-order chi connectivity index (χ1) is 7.09. The van der Waals surface area contributed by atoms with Gasteiger partial charge in [-0.2, -0.15) is 0 Å². The minimum Gasteiger partial charge on any atom is -0.387 e. The van der Waals surface area contributed by atoms with Crippen molar-refractivity contribution in [1.82, 2.24) is 0 Å². The van der Waals surface area contributed by atoms with Crippen LogP contribution in [0.4, 0.5) is 0 Å². The van der Waals surface area contributed by atoms with Crippen LogP contribution in [-0.4, -0.2) is 23.9 Å². The molecule has 0 aromatic heterocycles. The van der Waals surface area contributed by atoms with Crippen molar-refractivity contribution in [2.75, 3.05) is 13.2 Å². The SMILES string of the molecule is Cc1ccc(CC2(O)CCOC2)c(Cl)c1. The van der Waals surface area contributed by atoms with Crippen molar-refractivity contribution in [3.8, 4) is 0 Å². The molecule has 1 aliphatic heterocycles. The summed E-state index contributed by atoms with van der Waals surface area (Å²) in [5.41, 5.74) is 1.41. The number of hydrogen-bond donors (Lipinski definition) is 1. The Morgan fingerprint density at radius 1 is 1.53 bits per heavy atom. The highest BCUT2D eigenvalue weighted by molar-refractivity contribution is 6.31. The molecule has 0 bridgehead atoms. The smallest absolute Gasteiger partial charge is 0.0942 e. The molecule has 0 spiro atoms. The highest BCUT2D eigenvalue weighted by Crippen LogP contribution is 2.27. The molecule has 0 radical (unpaired) electrons. The summed E-state index contributed by atoms with van der Waals surface area (Å²) in [6, 6.07) is 5.92. The number of ether oxygens (including phenoxy) is 1. The molecule has 1 saturated heterocycles. The molecule has 2 rings (SSSR count). The summed E-state index contributed by atoms with van der Waals surface area (Å²) in [5, 5.41) is 10.9. The van der Waals surface area contributed by atoms with Gasteiger partial charge in [0.2, 0.25) is 0 Å². The predicted octanol–water partition coefficient (Wildman–Crippen LogP) is 2.34. The van der Waals surface area contributed by atoms with E-state index in [0.717, 1.165) is 16.1 Å². The van der Waals surface area contributed by atoms with Crippen LogP contribution in [0, 0.1) is 6.92 Å². The van der Waals surface area contributed by atoms with Crippen molar-refractivity contribution in [3.63, 3.8) is 0 Å². The second-order valence-electron chi connectivity index (χ2n) is 4.30. The van der Waals surface area contributed by atoms with Crippen LogP contribution in [0.5, 0.6) is 0 Å². The minimum atomic E-state index is -0.723. The quantitative estimate of drug-likeness (QED) is 0.839. The minimum absolute atomic E-state index is 0.414. The summed E-state index contributed by atoms with van der Waals surface area (Å²) in [7, 11) is 0. The van der Waals surface area contributed by atoms with Gasteiger partial charge in [0.05, 0.1) is 12.2 Å². The molecular formula is C12H15ClO2. The number of aliphatic hydroxyl groups is 1. The zero-order valence-electron chi connectivity index (χ0n) is 8.79. The van der Waals surface area contributed by atoms with Crippen LogP contribution in [0.2, 0.25) is 5.02 Å². The predicted molar refractivity (Wildman–Crippen MR) is 60.3 cm³/mol. The molecule has 1 fully saturated rings. The molecule has 1 atom stereocenters. The van der Waals surface area contributed by atoms with Crippen LogP contribution in [0.3, 0.4) is 0 Å². The van der Waals surface area contributed by atoms with Crippen molar-refractivity contribution in [1.29, 1.82) is 0 Å². The maximum Gasteiger partial charge on any atom is 0.0942 e. The van der Waals surface area contributed by atoms with E-state index < -0.39 is 5.60 Å². The third kappa shape index (κ3) is 2.51. The van der Waals surface area contributed by atoms with Gasteiger partial charge in [0, 0.05) is 24.5 Å². The molecule has 2 nitrogen and oxygen atoms in total. The first kappa shape index (κ1) is 10.9. The van der Waals surface area contributed by atoms with E-state index in [9.17, 15) is 5.11 Å². The molecule has 1 N–H and O–H groups in total. The topological polar surface area (TPSA) is 29.5 Å². The Morgan fingerprint density at radius 2 is 2.33 bits per heavy atom. The lowest BCUT2D eigenvalue weighted by molar-refractivity contribution is 0.0271. The number of aryl methyl sites for hydroxylation is 1. The van der Waals surface area contributed by atoms with Gasteiger partial charge in [-0.1, -0.05) is 23.7 Å². The Hall–Kier alpha value is -0.570. The van der Waals surface area contributed by atoms with Crippen LogP contribution >= 0.6 is 11.6 Å². The van der Waals surface area contributed by atoms with E-state index in [1.54, 1.807) is 0 Å². The van der Waals surface area contributed by atoms with E-state index in [2.05, 4.69) is 0 Å². The lowest BCUT2D eigenvalue weighted by atomic mass is 9.93. The van der Waals surface area contributed by atoms with Gasteiger partial charge < -0.3 is 9.84 Å². The fraction of sp³-hybridized carbons (Fsp3) is 0.500. The summed E-state index contributed by atoms with van der Waals surface area (Å²) in [5.74, 6) is 0. The van der Waals surface area contributed by atoms with Gasteiger partial charge in [0.15, 0.2) is 0 Å². The Kier molecular flexibility index (Phi) is 3.01. The van der Waals surface area contributed by atoms with E-state index in [-0.39, 0.29) is 0 Å². The molecule has 1 heterocycles. The number of rotatable bonds is 2. The highest BCUT2D eigenvalue weighted by atomic mass is 35.5. The van der Waals surface area contributed by atoms with Crippen molar-refractivity contribution in [3.05, 3.63) is 34.3 Å². The molecule has 0 amide bonds. The van der Waals surface area contributed by atoms with E-state index in [1.807, 2.05) is 25.1 Å². The molecule has 1 aromatic carbocycles. The standard InChI is InChI=1S/C12H15ClO2/c1-9-2-3-10(11(13)6-9)7-12(14)4-5-15-8-12/h2-3,6,14H,4-5,7-8H2,1H3. The summed E-state index contributed by atoms with van der Waals surface area (Å²) < 4.78 is 5.20. The van der Waals surface area contributed by atoms with Crippen LogP contribution in [0.25, 0.3) is 0 Å². The molecule has 0 aliphatic carbocycles. The lowest BCUT2D eigenvalue weighted by Gasteiger charge is -2.20. The van der Waals surface area contributed by atoms with Crippen molar-refractivity contribution in [2.45, 2.75) is 25.4 Å². The van der Waals surface area contributed by atoms with Gasteiger partial charge in [0.1, 0.15) is 0 Å². The van der Waals surface area contributed by atoms with Crippen LogP contribution in [-0.2, 0) is 11.2 Å². The third-order valence-corrected chi connectivity index (χ3v) is 3.16. The van der Waals surface area contributed by atoms with Crippen LogP contribution in [0.1, 0.15) is 17.5 Å². The molecule has 0 saturated carbocycles. The van der Waals surface area contributed by atoms with Crippen molar-refractivity contribution < 1.29 is 9.84 Å². The Balaban J connectivity index is 2.16. The fourth-order valence-electron chi connectivity index (χ4n) is 1.89. The molecule has 82 valence electrons. The zero-order valence-corrected chi connectivity index (χ0v) is 9.55. The highest BCUT2D eigenvalue weighted by Gasteiger charge is 2.32. The van der Waals surface area contributed by atoms with E-state index >= 15 is 0 Å². The number of hydrogen-bond acceptors (Lipinski definition) is 2. The van der Waals surface area contributed by atoms with Gasteiger partial charge in [-0.15, -0.1) is 0 Å².